The largest absolute Gasteiger partial charge is 0.391 e. The lowest BCUT2D eigenvalue weighted by atomic mass is 10.0. The van der Waals surface area contributed by atoms with Crippen molar-refractivity contribution in [3.05, 3.63) is 57.5 Å². The van der Waals surface area contributed by atoms with Crippen LogP contribution in [0.3, 0.4) is 0 Å². The second kappa shape index (κ2) is 8.30. The summed E-state index contributed by atoms with van der Waals surface area (Å²) in [5.41, 5.74) is 1.46. The number of aliphatic hydroxyl groups excluding tert-OH is 1. The van der Waals surface area contributed by atoms with Gasteiger partial charge in [0.1, 0.15) is 5.76 Å². The molecule has 1 saturated heterocycles. The van der Waals surface area contributed by atoms with E-state index in [1.807, 2.05) is 0 Å². The predicted octanol–water partition coefficient (Wildman–Crippen LogP) is 1.60. The molecule has 2 heterocycles. The Labute approximate surface area is 161 Å². The monoisotopic (exact) mass is 387 g/mol. The Bertz CT molecular complexity index is 876. The highest BCUT2D eigenvalue weighted by atomic mass is 16.6. The fourth-order valence-corrected chi connectivity index (χ4v) is 3.36. The molecule has 1 aliphatic heterocycles. The summed E-state index contributed by atoms with van der Waals surface area (Å²) in [5, 5.41) is 24.4. The maximum atomic E-state index is 12.7. The van der Waals surface area contributed by atoms with Crippen molar-refractivity contribution in [2.45, 2.75) is 44.8 Å². The Morgan fingerprint density at radius 1 is 1.36 bits per heavy atom. The van der Waals surface area contributed by atoms with E-state index in [1.165, 1.54) is 17.0 Å². The smallest absolute Gasteiger partial charge is 0.269 e. The Morgan fingerprint density at radius 2 is 2.07 bits per heavy atom. The molecule has 9 nitrogen and oxygen atoms in total. The number of carbonyl (C=O) groups is 2. The van der Waals surface area contributed by atoms with Gasteiger partial charge in [-0.15, -0.1) is 0 Å². The number of aromatic nitrogens is 1. The molecule has 3 rings (SSSR count). The first-order valence-electron chi connectivity index (χ1n) is 8.99. The second-order valence-corrected chi connectivity index (χ2v) is 6.95. The van der Waals surface area contributed by atoms with Crippen LogP contribution in [0, 0.1) is 17.0 Å². The van der Waals surface area contributed by atoms with Gasteiger partial charge >= 0.3 is 0 Å². The molecule has 2 atom stereocenters. The van der Waals surface area contributed by atoms with Crippen LogP contribution in [0.5, 0.6) is 0 Å². The van der Waals surface area contributed by atoms with E-state index in [9.17, 15) is 24.8 Å². The molecule has 0 spiro atoms. The van der Waals surface area contributed by atoms with Crippen LogP contribution >= 0.6 is 0 Å². The molecule has 0 bridgehead atoms. The molecule has 0 radical (unpaired) electrons. The third-order valence-corrected chi connectivity index (χ3v) is 4.78. The van der Waals surface area contributed by atoms with E-state index in [4.69, 9.17) is 4.52 Å². The maximum Gasteiger partial charge on any atom is 0.269 e. The zero-order chi connectivity index (χ0) is 20.3. The van der Waals surface area contributed by atoms with Crippen molar-refractivity contribution in [1.82, 2.24) is 10.1 Å². The average molecular weight is 387 g/mol. The second-order valence-electron chi connectivity index (χ2n) is 6.95. The van der Waals surface area contributed by atoms with Crippen LogP contribution in [0.4, 0.5) is 5.69 Å². The number of β-amino-alcohol motifs (C(OH)–C–C–N with tert-alkyl or cyclic N) is 1. The van der Waals surface area contributed by atoms with Crippen molar-refractivity contribution in [2.24, 2.45) is 0 Å². The van der Waals surface area contributed by atoms with Gasteiger partial charge in [-0.2, -0.15) is 0 Å². The highest BCUT2D eigenvalue weighted by molar-refractivity contribution is 5.90. The zero-order valence-corrected chi connectivity index (χ0v) is 15.4. The number of hydrogen-bond donors (Lipinski definition) is 1. The molecule has 1 aliphatic rings. The van der Waals surface area contributed by atoms with E-state index in [0.29, 0.717) is 17.9 Å². The number of rotatable bonds is 7. The lowest BCUT2D eigenvalue weighted by Crippen LogP contribution is -2.41. The van der Waals surface area contributed by atoms with Crippen molar-refractivity contribution in [2.75, 3.05) is 6.54 Å². The third-order valence-electron chi connectivity index (χ3n) is 4.78. The Kier molecular flexibility index (Phi) is 5.84. The number of nitro benzene ring substituents is 1. The molecule has 148 valence electrons. The van der Waals surface area contributed by atoms with Gasteiger partial charge in [0, 0.05) is 37.6 Å². The SMILES string of the molecule is Cc1cc(CC(=O)N2C[C@H](O)C[C@H]2C(=O)CCc2ccc([N+](=O)[O-])cc2)on1. The number of non-ortho nitro benzene ring substituents is 1. The summed E-state index contributed by atoms with van der Waals surface area (Å²) in [6.07, 6.45) is 0.0429. The normalized spacial score (nSPS) is 19.0. The molecule has 0 saturated carbocycles. The highest BCUT2D eigenvalue weighted by Crippen LogP contribution is 2.22. The lowest BCUT2D eigenvalue weighted by molar-refractivity contribution is -0.384. The standard InChI is InChI=1S/C19H21N3O6/c1-12-8-16(28-20-12)10-19(25)21-11-15(23)9-17(21)18(24)7-4-13-2-5-14(6-3-13)22(26)27/h2-3,5-6,8,15,17,23H,4,7,9-11H2,1H3/t15-,17+/m1/s1. The third kappa shape index (κ3) is 4.61. The summed E-state index contributed by atoms with van der Waals surface area (Å²) in [6, 6.07) is 7.01. The topological polar surface area (TPSA) is 127 Å². The number of amides is 1. The molecule has 0 unspecified atom stereocenters. The first-order chi connectivity index (χ1) is 13.3. The van der Waals surface area contributed by atoms with E-state index in [0.717, 1.165) is 5.56 Å². The van der Waals surface area contributed by atoms with E-state index in [1.54, 1.807) is 25.1 Å². The molecular weight excluding hydrogens is 366 g/mol. The molecule has 1 aromatic carbocycles. The number of likely N-dealkylation sites (tertiary alicyclic amines) is 1. The number of carbonyl (C=O) groups excluding carboxylic acids is 2. The number of hydrogen-bond acceptors (Lipinski definition) is 7. The van der Waals surface area contributed by atoms with Gasteiger partial charge in [0.05, 0.1) is 29.2 Å². The minimum atomic E-state index is -0.742. The van der Waals surface area contributed by atoms with Crippen molar-refractivity contribution in [3.8, 4) is 0 Å². The molecular formula is C19H21N3O6. The number of aliphatic hydroxyl groups is 1. The number of ketones is 1. The molecule has 1 amide bonds. The molecule has 1 aromatic heterocycles. The number of aryl methyl sites for hydroxylation is 2. The van der Waals surface area contributed by atoms with E-state index < -0.39 is 17.1 Å². The first-order valence-corrected chi connectivity index (χ1v) is 8.99. The van der Waals surface area contributed by atoms with Crippen LogP contribution in [-0.2, 0) is 22.4 Å². The van der Waals surface area contributed by atoms with Crippen LogP contribution in [0.25, 0.3) is 0 Å². The maximum absolute atomic E-state index is 12.7. The Hall–Kier alpha value is -3.07. The molecule has 1 fully saturated rings. The molecule has 0 aliphatic carbocycles. The Morgan fingerprint density at radius 3 is 2.68 bits per heavy atom. The van der Waals surface area contributed by atoms with Gasteiger partial charge in [-0.05, 0) is 18.9 Å². The van der Waals surface area contributed by atoms with Gasteiger partial charge in [0.2, 0.25) is 5.91 Å². The molecule has 9 heteroatoms. The van der Waals surface area contributed by atoms with E-state index >= 15 is 0 Å². The average Bonchev–Trinajstić information content (AvgIpc) is 3.25. The van der Waals surface area contributed by atoms with Gasteiger partial charge in [-0.3, -0.25) is 19.7 Å². The van der Waals surface area contributed by atoms with Crippen LogP contribution in [0.15, 0.2) is 34.9 Å². The van der Waals surface area contributed by atoms with Crippen LogP contribution < -0.4 is 0 Å². The predicted molar refractivity (Wildman–Crippen MR) is 97.5 cm³/mol. The van der Waals surface area contributed by atoms with Crippen LogP contribution in [0.2, 0.25) is 0 Å². The fraction of sp³-hybridized carbons (Fsp3) is 0.421. The summed E-state index contributed by atoms with van der Waals surface area (Å²) < 4.78 is 5.06. The summed E-state index contributed by atoms with van der Waals surface area (Å²) in [4.78, 5) is 36.9. The molecule has 28 heavy (non-hydrogen) atoms. The molecule has 1 N–H and O–H groups in total. The number of benzene rings is 1. The van der Waals surface area contributed by atoms with Gasteiger partial charge < -0.3 is 14.5 Å². The van der Waals surface area contributed by atoms with Crippen molar-refractivity contribution < 1.29 is 24.1 Å². The van der Waals surface area contributed by atoms with Crippen molar-refractivity contribution in [1.29, 1.82) is 0 Å². The van der Waals surface area contributed by atoms with E-state index in [2.05, 4.69) is 5.16 Å². The summed E-state index contributed by atoms with van der Waals surface area (Å²) in [5.74, 6) is -0.0145. The number of Topliss-reactive ketones (excluding diaryl/α,β-unsaturated/α-hetero) is 1. The van der Waals surface area contributed by atoms with Crippen LogP contribution in [0.1, 0.15) is 29.9 Å². The fourth-order valence-electron chi connectivity index (χ4n) is 3.36. The highest BCUT2D eigenvalue weighted by Gasteiger charge is 2.38. The van der Waals surface area contributed by atoms with Crippen LogP contribution in [-0.4, -0.2) is 50.5 Å². The first kappa shape index (κ1) is 19.7. The summed E-state index contributed by atoms with van der Waals surface area (Å²) >= 11 is 0. The van der Waals surface area contributed by atoms with Crippen molar-refractivity contribution >= 4 is 17.4 Å². The zero-order valence-electron chi connectivity index (χ0n) is 15.4. The number of nitro groups is 1. The quantitative estimate of drug-likeness (QED) is 0.564. The summed E-state index contributed by atoms with van der Waals surface area (Å²) in [7, 11) is 0. The summed E-state index contributed by atoms with van der Waals surface area (Å²) in [6.45, 7) is 1.86. The lowest BCUT2D eigenvalue weighted by Gasteiger charge is -2.23. The van der Waals surface area contributed by atoms with Gasteiger partial charge in [0.15, 0.2) is 5.78 Å². The van der Waals surface area contributed by atoms with Gasteiger partial charge in [0.25, 0.3) is 5.69 Å². The van der Waals surface area contributed by atoms with E-state index in [-0.39, 0.29) is 43.2 Å². The number of nitrogens with zero attached hydrogens (tertiary/aromatic N) is 3. The Balaban J connectivity index is 1.60. The van der Waals surface area contributed by atoms with Gasteiger partial charge in [-0.1, -0.05) is 17.3 Å². The van der Waals surface area contributed by atoms with Gasteiger partial charge in [-0.25, -0.2) is 0 Å². The van der Waals surface area contributed by atoms with Crippen molar-refractivity contribution in [3.63, 3.8) is 0 Å². The minimum Gasteiger partial charge on any atom is -0.391 e. The minimum absolute atomic E-state index is 0.00610. The molecule has 2 aromatic rings.